The smallest absolute Gasteiger partial charge is 0.258 e. The van der Waals surface area contributed by atoms with E-state index in [0.717, 1.165) is 12.8 Å². The van der Waals surface area contributed by atoms with Crippen molar-refractivity contribution in [2.75, 3.05) is 19.7 Å². The van der Waals surface area contributed by atoms with Crippen LogP contribution in [0, 0.1) is 0 Å². The topological polar surface area (TPSA) is 75.7 Å². The van der Waals surface area contributed by atoms with Crippen LogP contribution >= 0.6 is 11.3 Å². The van der Waals surface area contributed by atoms with Gasteiger partial charge in [-0.1, -0.05) is 31.5 Å². The Morgan fingerprint density at radius 2 is 1.93 bits per heavy atom. The first-order chi connectivity index (χ1) is 13.5. The molecule has 3 rings (SSSR count). The Kier molecular flexibility index (Phi) is 7.09. The van der Waals surface area contributed by atoms with Crippen LogP contribution in [0.2, 0.25) is 0 Å². The zero-order valence-corrected chi connectivity index (χ0v) is 17.6. The van der Waals surface area contributed by atoms with Gasteiger partial charge >= 0.3 is 0 Å². The van der Waals surface area contributed by atoms with Gasteiger partial charge in [-0.05, 0) is 48.4 Å². The fraction of sp³-hybridized carbons (Fsp3) is 0.450. The number of nitrogens with one attached hydrogen (secondary N) is 1. The van der Waals surface area contributed by atoms with Crippen molar-refractivity contribution in [3.05, 3.63) is 47.3 Å². The second kappa shape index (κ2) is 9.54. The lowest BCUT2D eigenvalue weighted by molar-refractivity contribution is -0.124. The van der Waals surface area contributed by atoms with Crippen LogP contribution in [0.1, 0.15) is 31.7 Å². The Labute approximate surface area is 170 Å². The molecule has 8 heteroatoms. The minimum absolute atomic E-state index is 0.0298. The summed E-state index contributed by atoms with van der Waals surface area (Å²) in [5.41, 5.74) is 1.25. The van der Waals surface area contributed by atoms with Crippen molar-refractivity contribution in [2.45, 2.75) is 42.9 Å². The van der Waals surface area contributed by atoms with Crippen LogP contribution in [0.15, 0.2) is 46.0 Å². The molecule has 1 saturated heterocycles. The van der Waals surface area contributed by atoms with E-state index in [1.165, 1.54) is 21.2 Å². The molecule has 2 aromatic rings. The van der Waals surface area contributed by atoms with Crippen molar-refractivity contribution in [2.24, 2.45) is 0 Å². The van der Waals surface area contributed by atoms with Gasteiger partial charge in [-0.15, -0.1) is 11.3 Å². The van der Waals surface area contributed by atoms with E-state index in [2.05, 4.69) is 12.2 Å². The number of aryl methyl sites for hydroxylation is 1. The number of hydrogen-bond donors (Lipinski definition) is 1. The molecule has 0 bridgehead atoms. The van der Waals surface area contributed by atoms with Crippen molar-refractivity contribution >= 4 is 27.3 Å². The molecule has 1 N–H and O–H groups in total. The number of amides is 1. The monoisotopic (exact) mass is 422 g/mol. The fourth-order valence-electron chi connectivity index (χ4n) is 3.24. The molecule has 0 radical (unpaired) electrons. The van der Waals surface area contributed by atoms with Crippen molar-refractivity contribution in [3.8, 4) is 5.75 Å². The molecule has 1 aliphatic rings. The molecule has 0 aliphatic carbocycles. The predicted molar refractivity (Wildman–Crippen MR) is 110 cm³/mol. The molecule has 0 unspecified atom stereocenters. The quantitative estimate of drug-likeness (QED) is 0.709. The van der Waals surface area contributed by atoms with E-state index in [0.29, 0.717) is 35.9 Å². The van der Waals surface area contributed by atoms with E-state index in [1.54, 1.807) is 17.5 Å². The molecular formula is C20H26N2O4S2. The molecule has 28 heavy (non-hydrogen) atoms. The molecule has 1 aromatic carbocycles. The summed E-state index contributed by atoms with van der Waals surface area (Å²) < 4.78 is 32.5. The summed E-state index contributed by atoms with van der Waals surface area (Å²) in [4.78, 5) is 12.2. The molecule has 1 amide bonds. The number of ether oxygens (including phenoxy) is 1. The van der Waals surface area contributed by atoms with Gasteiger partial charge in [0.05, 0.1) is 0 Å². The molecule has 6 nitrogen and oxygen atoms in total. The maximum atomic E-state index is 12.5. The van der Waals surface area contributed by atoms with E-state index >= 15 is 0 Å². The number of benzene rings is 1. The van der Waals surface area contributed by atoms with Crippen LogP contribution in [0.25, 0.3) is 0 Å². The molecule has 0 saturated carbocycles. The highest BCUT2D eigenvalue weighted by atomic mass is 32.2. The summed E-state index contributed by atoms with van der Waals surface area (Å²) in [5.74, 6) is 0.490. The Bertz CT molecular complexity index is 856. The first-order valence-corrected chi connectivity index (χ1v) is 11.9. The molecule has 1 aliphatic heterocycles. The van der Waals surface area contributed by atoms with E-state index in [1.807, 2.05) is 24.3 Å². The fourth-order valence-corrected chi connectivity index (χ4v) is 5.85. The van der Waals surface area contributed by atoms with Gasteiger partial charge in [0.25, 0.3) is 15.9 Å². The Morgan fingerprint density at radius 1 is 1.21 bits per heavy atom. The van der Waals surface area contributed by atoms with Crippen LogP contribution in [-0.2, 0) is 21.2 Å². The summed E-state index contributed by atoms with van der Waals surface area (Å²) in [5, 5.41) is 4.71. The number of rotatable bonds is 8. The molecule has 1 aromatic heterocycles. The average Bonchev–Trinajstić information content (AvgIpc) is 3.24. The molecular weight excluding hydrogens is 396 g/mol. The lowest BCUT2D eigenvalue weighted by atomic mass is 10.1. The lowest BCUT2D eigenvalue weighted by Crippen LogP contribution is -2.47. The number of thiophene rings is 1. The highest BCUT2D eigenvalue weighted by molar-refractivity contribution is 7.91. The predicted octanol–water partition coefficient (Wildman–Crippen LogP) is 3.05. The third kappa shape index (κ3) is 5.33. The van der Waals surface area contributed by atoms with E-state index < -0.39 is 10.0 Å². The van der Waals surface area contributed by atoms with Gasteiger partial charge in [0.15, 0.2) is 6.61 Å². The normalized spacial score (nSPS) is 16.0. The Balaban J connectivity index is 1.42. The standard InChI is InChI=1S/C20H26N2O4S2/c1-2-4-16-6-8-18(9-7-16)26-15-19(23)21-17-10-12-22(13-11-17)28(24,25)20-5-3-14-27-20/h3,5-9,14,17H,2,4,10-13,15H2,1H3,(H,21,23). The lowest BCUT2D eigenvalue weighted by Gasteiger charge is -2.31. The third-order valence-electron chi connectivity index (χ3n) is 4.74. The highest BCUT2D eigenvalue weighted by Crippen LogP contribution is 2.24. The highest BCUT2D eigenvalue weighted by Gasteiger charge is 2.30. The maximum absolute atomic E-state index is 12.5. The molecule has 1 fully saturated rings. The van der Waals surface area contributed by atoms with Crippen molar-refractivity contribution in [3.63, 3.8) is 0 Å². The van der Waals surface area contributed by atoms with E-state index in [4.69, 9.17) is 4.74 Å². The number of carbonyl (C=O) groups excluding carboxylic acids is 1. The summed E-state index contributed by atoms with van der Waals surface area (Å²) >= 11 is 1.23. The van der Waals surface area contributed by atoms with Crippen LogP contribution in [-0.4, -0.2) is 44.4 Å². The SMILES string of the molecule is CCCc1ccc(OCC(=O)NC2CCN(S(=O)(=O)c3cccs3)CC2)cc1. The van der Waals surface area contributed by atoms with Crippen LogP contribution in [0.4, 0.5) is 0 Å². The number of hydrogen-bond acceptors (Lipinski definition) is 5. The summed E-state index contributed by atoms with van der Waals surface area (Å²) in [6.45, 7) is 2.91. The van der Waals surface area contributed by atoms with Gasteiger partial charge in [0, 0.05) is 19.1 Å². The number of sulfonamides is 1. The Hall–Kier alpha value is -1.90. The van der Waals surface area contributed by atoms with Crippen LogP contribution < -0.4 is 10.1 Å². The van der Waals surface area contributed by atoms with Crippen molar-refractivity contribution in [1.29, 1.82) is 0 Å². The van der Waals surface area contributed by atoms with Gasteiger partial charge in [-0.25, -0.2) is 8.42 Å². The summed E-state index contributed by atoms with van der Waals surface area (Å²) in [7, 11) is -3.41. The maximum Gasteiger partial charge on any atom is 0.258 e. The Morgan fingerprint density at radius 3 is 2.54 bits per heavy atom. The van der Waals surface area contributed by atoms with E-state index in [-0.39, 0.29) is 18.6 Å². The first kappa shape index (κ1) is 20.8. The zero-order valence-electron chi connectivity index (χ0n) is 16.0. The van der Waals surface area contributed by atoms with E-state index in [9.17, 15) is 13.2 Å². The molecule has 2 heterocycles. The second-order valence-electron chi connectivity index (χ2n) is 6.86. The second-order valence-corrected chi connectivity index (χ2v) is 9.97. The van der Waals surface area contributed by atoms with Gasteiger partial charge in [0.2, 0.25) is 0 Å². The number of nitrogens with zero attached hydrogens (tertiary/aromatic N) is 1. The molecule has 0 atom stereocenters. The van der Waals surface area contributed by atoms with Crippen molar-refractivity contribution < 1.29 is 17.9 Å². The molecule has 152 valence electrons. The van der Waals surface area contributed by atoms with Gasteiger partial charge in [-0.3, -0.25) is 4.79 Å². The largest absolute Gasteiger partial charge is 0.484 e. The van der Waals surface area contributed by atoms with Crippen molar-refractivity contribution in [1.82, 2.24) is 9.62 Å². The summed E-state index contributed by atoms with van der Waals surface area (Å²) in [6, 6.07) is 11.1. The van der Waals surface area contributed by atoms with Crippen LogP contribution in [0.5, 0.6) is 5.75 Å². The molecule has 0 spiro atoms. The first-order valence-electron chi connectivity index (χ1n) is 9.54. The zero-order chi connectivity index (χ0) is 20.0. The van der Waals surface area contributed by atoms with Gasteiger partial charge in [0.1, 0.15) is 9.96 Å². The number of piperidine rings is 1. The number of carbonyl (C=O) groups is 1. The third-order valence-corrected chi connectivity index (χ3v) is 8.01. The minimum atomic E-state index is -3.41. The van der Waals surface area contributed by atoms with Gasteiger partial charge < -0.3 is 10.1 Å². The van der Waals surface area contributed by atoms with Gasteiger partial charge in [-0.2, -0.15) is 4.31 Å². The minimum Gasteiger partial charge on any atom is -0.484 e. The van der Waals surface area contributed by atoms with Crippen LogP contribution in [0.3, 0.4) is 0 Å². The average molecular weight is 423 g/mol. The summed E-state index contributed by atoms with van der Waals surface area (Å²) in [6.07, 6.45) is 3.32.